The van der Waals surface area contributed by atoms with Gasteiger partial charge < -0.3 is 14.8 Å². The Labute approximate surface area is 115 Å². The third kappa shape index (κ3) is 3.15. The van der Waals surface area contributed by atoms with E-state index >= 15 is 0 Å². The lowest BCUT2D eigenvalue weighted by Crippen LogP contribution is -2.29. The van der Waals surface area contributed by atoms with Crippen molar-refractivity contribution in [3.05, 3.63) is 59.2 Å². The summed E-state index contributed by atoms with van der Waals surface area (Å²) in [6.45, 7) is 1.62. The highest BCUT2D eigenvalue weighted by Crippen LogP contribution is 2.19. The molecule has 0 radical (unpaired) electrons. The van der Waals surface area contributed by atoms with Gasteiger partial charge in [-0.25, -0.2) is 8.78 Å². The van der Waals surface area contributed by atoms with Crippen molar-refractivity contribution in [1.29, 1.82) is 0 Å². The molecule has 0 saturated carbocycles. The van der Waals surface area contributed by atoms with Crippen LogP contribution in [0.5, 0.6) is 5.75 Å². The van der Waals surface area contributed by atoms with E-state index in [-0.39, 0.29) is 12.2 Å². The van der Waals surface area contributed by atoms with E-state index in [0.717, 1.165) is 6.07 Å². The molecule has 2 N–H and O–H groups in total. The Morgan fingerprint density at radius 2 is 1.90 bits per heavy atom. The van der Waals surface area contributed by atoms with Crippen LogP contribution in [0.25, 0.3) is 0 Å². The van der Waals surface area contributed by atoms with E-state index in [1.807, 2.05) is 0 Å². The summed E-state index contributed by atoms with van der Waals surface area (Å²) in [7, 11) is -1.55. The fourth-order valence-corrected chi connectivity index (χ4v) is 1.81. The maximum absolute atomic E-state index is 13.5. The SMILES string of the molecule is Cc1cc(B(O)O)ccc1OCc1cccc(F)c1F. The van der Waals surface area contributed by atoms with Gasteiger partial charge in [0.1, 0.15) is 12.4 Å². The second-order valence-corrected chi connectivity index (χ2v) is 4.40. The average Bonchev–Trinajstić information content (AvgIpc) is 2.41. The van der Waals surface area contributed by atoms with E-state index in [2.05, 4.69) is 0 Å². The number of benzene rings is 2. The molecule has 0 unspecified atom stereocenters. The van der Waals surface area contributed by atoms with Gasteiger partial charge in [0.2, 0.25) is 0 Å². The van der Waals surface area contributed by atoms with Gasteiger partial charge in [0.05, 0.1) is 0 Å². The van der Waals surface area contributed by atoms with Crippen LogP contribution in [0.15, 0.2) is 36.4 Å². The van der Waals surface area contributed by atoms with Crippen molar-refractivity contribution < 1.29 is 23.6 Å². The molecule has 2 aromatic carbocycles. The number of halogens is 2. The molecule has 0 spiro atoms. The standard InChI is InChI=1S/C14H13BF2O3/c1-9-7-11(15(18)19)5-6-13(9)20-8-10-3-2-4-12(16)14(10)17/h2-7,18-19H,8H2,1H3. The van der Waals surface area contributed by atoms with Gasteiger partial charge in [-0.05, 0) is 30.1 Å². The number of rotatable bonds is 4. The number of ether oxygens (including phenoxy) is 1. The quantitative estimate of drug-likeness (QED) is 0.834. The van der Waals surface area contributed by atoms with Crippen molar-refractivity contribution in [1.82, 2.24) is 0 Å². The molecule has 0 aliphatic heterocycles. The van der Waals surface area contributed by atoms with E-state index in [4.69, 9.17) is 14.8 Å². The summed E-state index contributed by atoms with van der Waals surface area (Å²) in [6, 6.07) is 8.51. The predicted octanol–water partition coefficient (Wildman–Crippen LogP) is 1.53. The predicted molar refractivity (Wildman–Crippen MR) is 71.7 cm³/mol. The second-order valence-electron chi connectivity index (χ2n) is 4.40. The Hall–Kier alpha value is -1.92. The van der Waals surface area contributed by atoms with E-state index in [0.29, 0.717) is 16.8 Å². The van der Waals surface area contributed by atoms with Crippen LogP contribution in [0, 0.1) is 18.6 Å². The normalized spacial score (nSPS) is 10.4. The fraction of sp³-hybridized carbons (Fsp3) is 0.143. The van der Waals surface area contributed by atoms with Crippen molar-refractivity contribution in [3.63, 3.8) is 0 Å². The van der Waals surface area contributed by atoms with Gasteiger partial charge >= 0.3 is 7.12 Å². The van der Waals surface area contributed by atoms with E-state index in [9.17, 15) is 8.78 Å². The van der Waals surface area contributed by atoms with Crippen molar-refractivity contribution in [2.24, 2.45) is 0 Å². The lowest BCUT2D eigenvalue weighted by molar-refractivity contribution is 0.295. The topological polar surface area (TPSA) is 49.7 Å². The Morgan fingerprint density at radius 3 is 2.55 bits per heavy atom. The fourth-order valence-electron chi connectivity index (χ4n) is 1.81. The molecule has 0 fully saturated rings. The lowest BCUT2D eigenvalue weighted by Gasteiger charge is -2.11. The summed E-state index contributed by atoms with van der Waals surface area (Å²) in [4.78, 5) is 0. The molecular formula is C14H13BF2O3. The zero-order valence-corrected chi connectivity index (χ0v) is 10.8. The molecule has 0 aliphatic carbocycles. The molecule has 20 heavy (non-hydrogen) atoms. The maximum atomic E-state index is 13.5. The Morgan fingerprint density at radius 1 is 1.15 bits per heavy atom. The van der Waals surface area contributed by atoms with Crippen molar-refractivity contribution in [3.8, 4) is 5.75 Å². The maximum Gasteiger partial charge on any atom is 0.488 e. The van der Waals surface area contributed by atoms with Crippen LogP contribution in [-0.2, 0) is 6.61 Å². The summed E-state index contributed by atoms with van der Waals surface area (Å²) in [6.07, 6.45) is 0. The van der Waals surface area contributed by atoms with Gasteiger partial charge in [0.25, 0.3) is 0 Å². The summed E-state index contributed by atoms with van der Waals surface area (Å²) >= 11 is 0. The van der Waals surface area contributed by atoms with E-state index in [1.54, 1.807) is 19.1 Å². The van der Waals surface area contributed by atoms with Crippen LogP contribution in [0.3, 0.4) is 0 Å². The zero-order chi connectivity index (χ0) is 14.7. The molecule has 2 aromatic rings. The molecule has 0 bridgehead atoms. The molecule has 104 valence electrons. The smallest absolute Gasteiger partial charge is 0.488 e. The largest absolute Gasteiger partial charge is 0.489 e. The molecule has 0 saturated heterocycles. The first-order valence-corrected chi connectivity index (χ1v) is 6.01. The van der Waals surface area contributed by atoms with Crippen molar-refractivity contribution in [2.45, 2.75) is 13.5 Å². The van der Waals surface area contributed by atoms with Crippen LogP contribution in [0.1, 0.15) is 11.1 Å². The van der Waals surface area contributed by atoms with E-state index in [1.165, 1.54) is 18.2 Å². The average molecular weight is 278 g/mol. The molecular weight excluding hydrogens is 265 g/mol. The Kier molecular flexibility index (Phi) is 4.37. The molecule has 6 heteroatoms. The number of hydrogen-bond donors (Lipinski definition) is 2. The minimum absolute atomic E-state index is 0.106. The van der Waals surface area contributed by atoms with Crippen LogP contribution in [0.2, 0.25) is 0 Å². The van der Waals surface area contributed by atoms with Crippen LogP contribution in [0.4, 0.5) is 8.78 Å². The summed E-state index contributed by atoms with van der Waals surface area (Å²) in [5.41, 5.74) is 1.13. The van der Waals surface area contributed by atoms with E-state index < -0.39 is 18.8 Å². The highest BCUT2D eigenvalue weighted by atomic mass is 19.2. The van der Waals surface area contributed by atoms with Gasteiger partial charge in [0.15, 0.2) is 11.6 Å². The number of hydrogen-bond acceptors (Lipinski definition) is 3. The van der Waals surface area contributed by atoms with Crippen LogP contribution < -0.4 is 10.2 Å². The molecule has 0 heterocycles. The third-order valence-corrected chi connectivity index (χ3v) is 2.91. The highest BCUT2D eigenvalue weighted by molar-refractivity contribution is 6.58. The minimum atomic E-state index is -1.55. The highest BCUT2D eigenvalue weighted by Gasteiger charge is 2.13. The molecule has 3 nitrogen and oxygen atoms in total. The van der Waals surface area contributed by atoms with Crippen LogP contribution in [-0.4, -0.2) is 17.2 Å². The first-order valence-electron chi connectivity index (χ1n) is 6.01. The molecule has 2 rings (SSSR count). The first-order chi connectivity index (χ1) is 9.49. The first kappa shape index (κ1) is 14.5. The van der Waals surface area contributed by atoms with Gasteiger partial charge in [0, 0.05) is 5.56 Å². The minimum Gasteiger partial charge on any atom is -0.489 e. The molecule has 0 aromatic heterocycles. The third-order valence-electron chi connectivity index (χ3n) is 2.91. The lowest BCUT2D eigenvalue weighted by atomic mass is 9.79. The Balaban J connectivity index is 2.13. The van der Waals surface area contributed by atoms with Gasteiger partial charge in [-0.2, -0.15) is 0 Å². The summed E-state index contributed by atoms with van der Waals surface area (Å²) in [5, 5.41) is 18.1. The van der Waals surface area contributed by atoms with Gasteiger partial charge in [-0.1, -0.05) is 24.3 Å². The Bertz CT molecular complexity index is 617. The van der Waals surface area contributed by atoms with Crippen molar-refractivity contribution >= 4 is 12.6 Å². The summed E-state index contributed by atoms with van der Waals surface area (Å²) < 4.78 is 31.9. The molecule has 0 aliphatic rings. The molecule has 0 atom stereocenters. The summed E-state index contributed by atoms with van der Waals surface area (Å²) in [5.74, 6) is -1.37. The monoisotopic (exact) mass is 278 g/mol. The van der Waals surface area contributed by atoms with Crippen molar-refractivity contribution in [2.75, 3.05) is 0 Å². The van der Waals surface area contributed by atoms with Crippen LogP contribution >= 0.6 is 0 Å². The number of aryl methyl sites for hydroxylation is 1. The zero-order valence-electron chi connectivity index (χ0n) is 10.8. The van der Waals surface area contributed by atoms with Gasteiger partial charge in [-0.15, -0.1) is 0 Å². The molecule has 0 amide bonds. The van der Waals surface area contributed by atoms with Gasteiger partial charge in [-0.3, -0.25) is 0 Å². The second kappa shape index (κ2) is 6.03.